The predicted molar refractivity (Wildman–Crippen MR) is 201 cm³/mol. The lowest BCUT2D eigenvalue weighted by atomic mass is 10.1. The maximum absolute atomic E-state index is 13.5. The fourth-order valence-corrected chi connectivity index (χ4v) is 6.83. The number of hydrogen-bond acceptors (Lipinski definition) is 11. The first-order chi connectivity index (χ1) is 25.4. The lowest BCUT2D eigenvalue weighted by molar-refractivity contribution is -0.132. The van der Waals surface area contributed by atoms with Gasteiger partial charge in [0.1, 0.15) is 28.2 Å². The molecule has 0 aliphatic carbocycles. The van der Waals surface area contributed by atoms with Crippen molar-refractivity contribution >= 4 is 62.2 Å². The molecular formula is C35H43N11O6S. The van der Waals surface area contributed by atoms with Gasteiger partial charge in [-0.1, -0.05) is 23.5 Å². The molecule has 5 rings (SSSR count). The maximum atomic E-state index is 13.5. The van der Waals surface area contributed by atoms with Gasteiger partial charge in [-0.2, -0.15) is 10.1 Å². The minimum absolute atomic E-state index is 0.0926. The Morgan fingerprint density at radius 3 is 2.30 bits per heavy atom. The first kappa shape index (κ1) is 38.2. The average molecular weight is 746 g/mol. The third kappa shape index (κ3) is 8.23. The smallest absolute Gasteiger partial charge is 0.297 e. The van der Waals surface area contributed by atoms with Crippen molar-refractivity contribution in [3.8, 4) is 11.5 Å². The van der Waals surface area contributed by atoms with Crippen molar-refractivity contribution in [2.24, 2.45) is 16.5 Å². The molecule has 0 radical (unpaired) electrons. The quantitative estimate of drug-likeness (QED) is 0.0657. The van der Waals surface area contributed by atoms with Crippen LogP contribution in [0.3, 0.4) is 0 Å². The largest absolute Gasteiger partial charge is 0.494 e. The van der Waals surface area contributed by atoms with E-state index in [1.807, 2.05) is 35.1 Å². The van der Waals surface area contributed by atoms with E-state index in [9.17, 15) is 19.2 Å². The molecule has 53 heavy (non-hydrogen) atoms. The summed E-state index contributed by atoms with van der Waals surface area (Å²) in [5.74, 6) is -0.497. The molecule has 6 N–H and O–H groups in total. The number of ether oxygens (including phenoxy) is 2. The van der Waals surface area contributed by atoms with Crippen LogP contribution in [0.1, 0.15) is 56.7 Å². The Balaban J connectivity index is 1.51. The molecule has 0 saturated heterocycles. The first-order valence-corrected chi connectivity index (χ1v) is 17.6. The molecule has 0 bridgehead atoms. The minimum Gasteiger partial charge on any atom is -0.494 e. The monoisotopic (exact) mass is 745 g/mol. The number of methoxy groups -OCH3 is 1. The van der Waals surface area contributed by atoms with Crippen molar-refractivity contribution in [2.75, 3.05) is 40.2 Å². The highest BCUT2D eigenvalue weighted by Gasteiger charge is 2.20. The van der Waals surface area contributed by atoms with Crippen molar-refractivity contribution in [3.05, 3.63) is 69.8 Å². The van der Waals surface area contributed by atoms with E-state index in [1.165, 1.54) is 23.5 Å². The number of rotatable bonds is 16. The standard InChI is InChI=1S/C35H43N11O6S/c1-7-46-24(15-20(2)42-46)33(50)41-35-45(30-25(51-6)17-22(32(37)49)19-27(30)53-35)13-9-8-12-44-29-23(40-34(44)38-3)16-21(31(36)48)18-26(29)52-14-10-11-28(47)43(5)39-4/h8-9,15-19,39H,7,10-14H2,1-6H3,(H2,36,48)(H2,37,49)(H,38,40)/b9-8+,41-35?. The Morgan fingerprint density at radius 2 is 1.66 bits per heavy atom. The molecule has 0 aliphatic heterocycles. The number of amides is 4. The summed E-state index contributed by atoms with van der Waals surface area (Å²) in [6, 6.07) is 8.09. The third-order valence-electron chi connectivity index (χ3n) is 8.42. The van der Waals surface area contributed by atoms with Crippen LogP contribution in [-0.4, -0.2) is 87.4 Å². The van der Waals surface area contributed by atoms with Gasteiger partial charge in [-0.15, -0.1) is 0 Å². The van der Waals surface area contributed by atoms with Crippen LogP contribution in [0, 0.1) is 6.92 Å². The normalized spacial score (nSPS) is 11.8. The van der Waals surface area contributed by atoms with E-state index in [0.29, 0.717) is 74.4 Å². The van der Waals surface area contributed by atoms with E-state index in [4.69, 9.17) is 20.9 Å². The molecule has 0 atom stereocenters. The molecule has 18 heteroatoms. The molecule has 0 spiro atoms. The Hall–Kier alpha value is -6.01. The number of nitrogens with two attached hydrogens (primary N) is 2. The highest BCUT2D eigenvalue weighted by Crippen LogP contribution is 2.32. The topological polar surface area (TPSA) is 219 Å². The van der Waals surface area contributed by atoms with Gasteiger partial charge in [0.15, 0.2) is 4.80 Å². The van der Waals surface area contributed by atoms with E-state index in [1.54, 1.807) is 56.2 Å². The Morgan fingerprint density at radius 1 is 0.981 bits per heavy atom. The molecule has 0 aliphatic rings. The number of primary amides is 2. The second kappa shape index (κ2) is 16.6. The first-order valence-electron chi connectivity index (χ1n) is 16.8. The van der Waals surface area contributed by atoms with Crippen molar-refractivity contribution in [1.29, 1.82) is 0 Å². The Kier molecular flexibility index (Phi) is 11.9. The molecule has 3 heterocycles. The van der Waals surface area contributed by atoms with Gasteiger partial charge >= 0.3 is 0 Å². The SMILES string of the molecule is CCn1nc(C)cc1C(=O)N=c1sc2cc(C(N)=O)cc(OC)c2n1C/C=C/Cn1c(NC)nc2cc(C(N)=O)cc(OCCCC(=O)N(C)NC)c21. The number of imidazole rings is 1. The van der Waals surface area contributed by atoms with Crippen LogP contribution < -0.4 is 36.5 Å². The Labute approximate surface area is 308 Å². The molecule has 0 saturated carbocycles. The molecule has 5 aromatic rings. The van der Waals surface area contributed by atoms with Gasteiger partial charge in [0.05, 0.1) is 29.6 Å². The number of anilines is 1. The van der Waals surface area contributed by atoms with Crippen LogP contribution in [0.5, 0.6) is 11.5 Å². The second-order valence-corrected chi connectivity index (χ2v) is 12.9. The zero-order valence-electron chi connectivity index (χ0n) is 30.4. The number of hydrazine groups is 1. The second-order valence-electron chi connectivity index (χ2n) is 11.9. The van der Waals surface area contributed by atoms with Crippen molar-refractivity contribution in [1.82, 2.24) is 34.3 Å². The zero-order valence-corrected chi connectivity index (χ0v) is 31.2. The lowest BCUT2D eigenvalue weighted by Gasteiger charge is -2.15. The molecular weight excluding hydrogens is 703 g/mol. The third-order valence-corrected chi connectivity index (χ3v) is 9.45. The number of nitrogens with one attached hydrogen (secondary N) is 2. The molecule has 4 amide bonds. The highest BCUT2D eigenvalue weighted by molar-refractivity contribution is 7.16. The number of allylic oxidation sites excluding steroid dienone is 2. The number of benzene rings is 2. The molecule has 2 aromatic carbocycles. The summed E-state index contributed by atoms with van der Waals surface area (Å²) >= 11 is 1.23. The van der Waals surface area contributed by atoms with E-state index in [0.717, 1.165) is 0 Å². The van der Waals surface area contributed by atoms with Crippen LogP contribution in [0.25, 0.3) is 21.3 Å². The van der Waals surface area contributed by atoms with Crippen molar-refractivity contribution in [3.63, 3.8) is 0 Å². The lowest BCUT2D eigenvalue weighted by Crippen LogP contribution is -2.36. The van der Waals surface area contributed by atoms with Gasteiger partial charge in [0, 0.05) is 58.3 Å². The summed E-state index contributed by atoms with van der Waals surface area (Å²) in [7, 11) is 6.53. The average Bonchev–Trinajstić information content (AvgIpc) is 3.82. The summed E-state index contributed by atoms with van der Waals surface area (Å²) in [5.41, 5.74) is 17.3. The number of nitrogens with zero attached hydrogens (tertiary/aromatic N) is 7. The van der Waals surface area contributed by atoms with E-state index in [-0.39, 0.29) is 36.6 Å². The van der Waals surface area contributed by atoms with Gasteiger partial charge in [-0.05, 0) is 50.6 Å². The minimum atomic E-state index is -0.629. The summed E-state index contributed by atoms with van der Waals surface area (Å²) in [4.78, 5) is 59.6. The van der Waals surface area contributed by atoms with E-state index < -0.39 is 17.7 Å². The molecule has 17 nitrogen and oxygen atoms in total. The molecule has 0 unspecified atom stereocenters. The summed E-state index contributed by atoms with van der Waals surface area (Å²) in [5, 5.41) is 8.88. The fraction of sp³-hybridized carbons (Fsp3) is 0.343. The summed E-state index contributed by atoms with van der Waals surface area (Å²) < 4.78 is 17.8. The number of carbonyl (C=O) groups excluding carboxylic acids is 4. The van der Waals surface area contributed by atoms with Crippen LogP contribution in [0.2, 0.25) is 0 Å². The van der Waals surface area contributed by atoms with Gasteiger partial charge in [0.2, 0.25) is 23.7 Å². The fourth-order valence-electron chi connectivity index (χ4n) is 5.74. The maximum Gasteiger partial charge on any atom is 0.297 e. The van der Waals surface area contributed by atoms with Gasteiger partial charge < -0.3 is 35.4 Å². The van der Waals surface area contributed by atoms with Crippen LogP contribution in [-0.2, 0) is 24.4 Å². The number of hydrogen-bond donors (Lipinski definition) is 4. The molecule has 3 aromatic heterocycles. The van der Waals surface area contributed by atoms with E-state index in [2.05, 4.69) is 25.8 Å². The van der Waals surface area contributed by atoms with Crippen LogP contribution >= 0.6 is 11.3 Å². The number of aromatic nitrogens is 5. The molecule has 0 fully saturated rings. The number of carbonyl (C=O) groups is 4. The number of fused-ring (bicyclic) bond motifs is 2. The Bertz CT molecular complexity index is 2300. The van der Waals surface area contributed by atoms with Crippen molar-refractivity contribution in [2.45, 2.75) is 46.3 Å². The van der Waals surface area contributed by atoms with Gasteiger partial charge in [-0.3, -0.25) is 28.9 Å². The summed E-state index contributed by atoms with van der Waals surface area (Å²) in [6.07, 6.45) is 4.52. The van der Waals surface area contributed by atoms with Gasteiger partial charge in [0.25, 0.3) is 5.91 Å². The predicted octanol–water partition coefficient (Wildman–Crippen LogP) is 2.57. The highest BCUT2D eigenvalue weighted by atomic mass is 32.1. The van der Waals surface area contributed by atoms with E-state index >= 15 is 0 Å². The number of aryl methyl sites for hydroxylation is 2. The van der Waals surface area contributed by atoms with Crippen LogP contribution in [0.15, 0.2) is 47.5 Å². The summed E-state index contributed by atoms with van der Waals surface area (Å²) in [6.45, 7) is 5.02. The van der Waals surface area contributed by atoms with Crippen molar-refractivity contribution < 1.29 is 28.7 Å². The molecule has 280 valence electrons. The zero-order chi connectivity index (χ0) is 38.4. The van der Waals surface area contributed by atoms with Gasteiger partial charge in [-0.25, -0.2) is 10.4 Å². The van der Waals surface area contributed by atoms with Crippen LogP contribution in [0.4, 0.5) is 5.95 Å². The number of thiazole rings is 1.